The first kappa shape index (κ1) is 27.1. The number of esters is 1. The fraction of sp³-hybridized carbons (Fsp3) is 0.208. The third-order valence-electron chi connectivity index (χ3n) is 5.13. The van der Waals surface area contributed by atoms with Crippen molar-refractivity contribution < 1.29 is 33.0 Å². The Bertz CT molecular complexity index is 1300. The Hall–Kier alpha value is -4.52. The van der Waals surface area contributed by atoms with E-state index in [1.807, 2.05) is 0 Å². The van der Waals surface area contributed by atoms with Crippen molar-refractivity contribution in [2.24, 2.45) is 5.73 Å². The monoisotopic (exact) mass is 529 g/mol. The van der Waals surface area contributed by atoms with Crippen molar-refractivity contribution in [2.75, 3.05) is 30.9 Å². The molecule has 0 unspecified atom stereocenters. The number of rotatable bonds is 10. The number of benzene rings is 2. The number of ether oxygens (including phenoxy) is 2. The van der Waals surface area contributed by atoms with E-state index in [4.69, 9.17) is 20.9 Å². The van der Waals surface area contributed by atoms with Gasteiger partial charge < -0.3 is 26.3 Å². The van der Waals surface area contributed by atoms with Crippen molar-refractivity contribution in [1.82, 2.24) is 9.69 Å². The predicted molar refractivity (Wildman–Crippen MR) is 134 cm³/mol. The summed E-state index contributed by atoms with van der Waals surface area (Å²) in [6, 6.07) is 9.75. The van der Waals surface area contributed by atoms with Crippen LogP contribution in [0.2, 0.25) is 0 Å². The molecule has 194 valence electrons. The minimum Gasteiger partial charge on any atom is -0.497 e. The average molecular weight is 530 g/mol. The van der Waals surface area contributed by atoms with Crippen LogP contribution in [0.25, 0.3) is 0 Å². The number of aromatic nitrogens is 1. The molecule has 0 bridgehead atoms. The Morgan fingerprint density at radius 2 is 1.76 bits per heavy atom. The second-order valence-corrected chi connectivity index (χ2v) is 8.26. The quantitative estimate of drug-likeness (QED) is 0.335. The van der Waals surface area contributed by atoms with E-state index in [0.29, 0.717) is 22.8 Å². The van der Waals surface area contributed by atoms with Gasteiger partial charge in [0.2, 0.25) is 5.91 Å². The summed E-state index contributed by atoms with van der Waals surface area (Å²) in [5.41, 5.74) is 11.2. The lowest BCUT2D eigenvalue weighted by Crippen LogP contribution is -2.45. The topological polar surface area (TPSA) is 167 Å². The fourth-order valence-electron chi connectivity index (χ4n) is 3.40. The van der Waals surface area contributed by atoms with Crippen LogP contribution < -0.4 is 26.4 Å². The summed E-state index contributed by atoms with van der Waals surface area (Å²) in [5, 5.41) is 2.47. The van der Waals surface area contributed by atoms with Gasteiger partial charge in [-0.15, -0.1) is 0 Å². The maximum absolute atomic E-state index is 13.8. The first-order chi connectivity index (χ1) is 17.7. The zero-order valence-electron chi connectivity index (χ0n) is 19.9. The molecule has 1 heterocycles. The molecule has 0 aliphatic heterocycles. The molecule has 5 N–H and O–H groups in total. The number of nitrogen functional groups attached to an aromatic ring is 1. The number of carbonyl (C=O) groups is 4. The van der Waals surface area contributed by atoms with Crippen LogP contribution in [0.3, 0.4) is 0 Å². The van der Waals surface area contributed by atoms with Crippen molar-refractivity contribution in [1.29, 1.82) is 0 Å². The number of halogens is 1. The van der Waals surface area contributed by atoms with Crippen LogP contribution in [0.15, 0.2) is 48.5 Å². The number of nitrogens with one attached hydrogen (secondary N) is 1. The maximum Gasteiger partial charge on any atom is 0.325 e. The average Bonchev–Trinajstić information content (AvgIpc) is 3.28. The van der Waals surface area contributed by atoms with Gasteiger partial charge in [0.25, 0.3) is 11.8 Å². The molecular formula is C24H24FN5O6S. The summed E-state index contributed by atoms with van der Waals surface area (Å²) in [6.07, 6.45) is 0. The molecule has 3 amide bonds. The number of nitrogens with two attached hydrogens (primary N) is 2. The first-order valence-corrected chi connectivity index (χ1v) is 11.7. The highest BCUT2D eigenvalue weighted by molar-refractivity contribution is 7.09. The highest BCUT2D eigenvalue weighted by Gasteiger charge is 2.36. The van der Waals surface area contributed by atoms with E-state index < -0.39 is 42.1 Å². The van der Waals surface area contributed by atoms with Crippen LogP contribution >= 0.6 is 11.5 Å². The number of anilines is 2. The minimum absolute atomic E-state index is 0.115. The minimum atomic E-state index is -1.36. The van der Waals surface area contributed by atoms with Gasteiger partial charge in [0.05, 0.1) is 19.4 Å². The van der Waals surface area contributed by atoms with Crippen LogP contribution in [0.4, 0.5) is 15.8 Å². The van der Waals surface area contributed by atoms with Crippen LogP contribution in [0, 0.1) is 5.82 Å². The smallest absolute Gasteiger partial charge is 0.325 e. The van der Waals surface area contributed by atoms with Gasteiger partial charge in [-0.25, -0.2) is 4.39 Å². The lowest BCUT2D eigenvalue weighted by Gasteiger charge is -2.31. The van der Waals surface area contributed by atoms with E-state index >= 15 is 0 Å². The Kier molecular flexibility index (Phi) is 8.74. The number of hydrogen-bond donors (Lipinski definition) is 3. The molecule has 2 aromatic carbocycles. The molecule has 0 spiro atoms. The summed E-state index contributed by atoms with van der Waals surface area (Å²) < 4.78 is 27.7. The van der Waals surface area contributed by atoms with Crippen molar-refractivity contribution in [3.63, 3.8) is 0 Å². The molecule has 1 aromatic heterocycles. The number of primary amides is 1. The third kappa shape index (κ3) is 6.19. The third-order valence-corrected chi connectivity index (χ3v) is 5.98. The van der Waals surface area contributed by atoms with Gasteiger partial charge in [0.15, 0.2) is 5.69 Å². The largest absolute Gasteiger partial charge is 0.497 e. The summed E-state index contributed by atoms with van der Waals surface area (Å²) >= 11 is 0.627. The second kappa shape index (κ2) is 11.9. The number of carbonyl (C=O) groups excluding carboxylic acids is 4. The predicted octanol–water partition coefficient (Wildman–Crippen LogP) is 2.04. The van der Waals surface area contributed by atoms with Crippen molar-refractivity contribution >= 4 is 46.6 Å². The van der Waals surface area contributed by atoms with E-state index in [-0.39, 0.29) is 28.6 Å². The molecule has 37 heavy (non-hydrogen) atoms. The Balaban J connectivity index is 2.15. The van der Waals surface area contributed by atoms with Gasteiger partial charge in [-0.1, -0.05) is 12.1 Å². The van der Waals surface area contributed by atoms with Crippen LogP contribution in [-0.2, 0) is 14.3 Å². The number of amides is 3. The lowest BCUT2D eigenvalue weighted by molar-refractivity contribution is -0.143. The Labute approximate surface area is 215 Å². The van der Waals surface area contributed by atoms with E-state index in [9.17, 15) is 23.6 Å². The van der Waals surface area contributed by atoms with Crippen LogP contribution in [0.1, 0.15) is 38.7 Å². The van der Waals surface area contributed by atoms with Crippen LogP contribution in [0.5, 0.6) is 5.75 Å². The van der Waals surface area contributed by atoms with Gasteiger partial charge in [0, 0.05) is 5.69 Å². The van der Waals surface area contributed by atoms with Crippen molar-refractivity contribution in [2.45, 2.75) is 13.0 Å². The molecule has 0 aliphatic rings. The molecule has 0 saturated carbocycles. The van der Waals surface area contributed by atoms with E-state index in [0.717, 1.165) is 17.0 Å². The SMILES string of the molecule is CCOC(=O)CNC(=O)[C@H](c1ccc(OC)cc1)N(C(=O)c1snc(C(N)=O)c1N)c1ccc(F)cc1. The van der Waals surface area contributed by atoms with Gasteiger partial charge in [-0.3, -0.25) is 24.1 Å². The molecule has 1 atom stereocenters. The fourth-order valence-corrected chi connectivity index (χ4v) is 4.14. The van der Waals surface area contributed by atoms with Crippen molar-refractivity contribution in [3.8, 4) is 5.75 Å². The van der Waals surface area contributed by atoms with Crippen molar-refractivity contribution in [3.05, 3.63) is 70.5 Å². The molecular weight excluding hydrogens is 505 g/mol. The van der Waals surface area contributed by atoms with E-state index in [1.54, 1.807) is 31.2 Å². The van der Waals surface area contributed by atoms with Crippen LogP contribution in [-0.4, -0.2) is 48.3 Å². The van der Waals surface area contributed by atoms with E-state index in [1.165, 1.54) is 19.2 Å². The summed E-state index contributed by atoms with van der Waals surface area (Å²) in [4.78, 5) is 51.8. The van der Waals surface area contributed by atoms with Gasteiger partial charge in [-0.2, -0.15) is 4.37 Å². The summed E-state index contributed by atoms with van der Waals surface area (Å²) in [7, 11) is 1.47. The molecule has 0 saturated heterocycles. The number of hydrogen-bond acceptors (Lipinski definition) is 9. The highest BCUT2D eigenvalue weighted by Crippen LogP contribution is 2.33. The standard InChI is InChI=1S/C24H24FN5O6S/c1-3-36-17(31)12-28-23(33)20(13-4-10-16(35-2)11-5-13)30(15-8-6-14(25)7-9-15)24(34)21-18(26)19(22(27)32)29-37-21/h4-11,20H,3,12,26H2,1-2H3,(H2,27,32)(H,28,33)/t20-/m0/s1. The molecule has 11 nitrogen and oxygen atoms in total. The summed E-state index contributed by atoms with van der Waals surface area (Å²) in [6.45, 7) is 1.28. The highest BCUT2D eigenvalue weighted by atomic mass is 32.1. The van der Waals surface area contributed by atoms with Gasteiger partial charge in [0.1, 0.15) is 29.0 Å². The Morgan fingerprint density at radius 1 is 1.11 bits per heavy atom. The molecule has 3 rings (SSSR count). The maximum atomic E-state index is 13.8. The molecule has 3 aromatic rings. The molecule has 0 radical (unpaired) electrons. The van der Waals surface area contributed by atoms with Gasteiger partial charge in [-0.05, 0) is 60.4 Å². The zero-order chi connectivity index (χ0) is 27.1. The number of nitrogens with zero attached hydrogens (tertiary/aromatic N) is 2. The molecule has 13 heteroatoms. The Morgan fingerprint density at radius 3 is 2.30 bits per heavy atom. The summed E-state index contributed by atoms with van der Waals surface area (Å²) in [5.74, 6) is -3.23. The zero-order valence-corrected chi connectivity index (χ0v) is 20.7. The molecule has 0 fully saturated rings. The van der Waals surface area contributed by atoms with Gasteiger partial charge >= 0.3 is 5.97 Å². The first-order valence-electron chi connectivity index (χ1n) is 10.9. The molecule has 0 aliphatic carbocycles. The van der Waals surface area contributed by atoms with E-state index in [2.05, 4.69) is 9.69 Å². The second-order valence-electron chi connectivity index (χ2n) is 7.49. The number of methoxy groups -OCH3 is 1. The lowest BCUT2D eigenvalue weighted by atomic mass is 10.0. The normalized spacial score (nSPS) is 11.3.